The van der Waals surface area contributed by atoms with Gasteiger partial charge in [-0.3, -0.25) is 4.79 Å². The highest BCUT2D eigenvalue weighted by Crippen LogP contribution is 2.26. The summed E-state index contributed by atoms with van der Waals surface area (Å²) in [6.45, 7) is 5.95. The molecule has 0 aromatic heterocycles. The summed E-state index contributed by atoms with van der Waals surface area (Å²) in [5, 5.41) is 1.41. The van der Waals surface area contributed by atoms with E-state index in [1.807, 2.05) is 55.5 Å². The molecule has 6 heteroatoms. The van der Waals surface area contributed by atoms with Crippen molar-refractivity contribution in [2.24, 2.45) is 5.92 Å². The van der Waals surface area contributed by atoms with Crippen molar-refractivity contribution in [1.82, 2.24) is 4.90 Å². The van der Waals surface area contributed by atoms with Crippen LogP contribution in [0.15, 0.2) is 54.6 Å². The number of rotatable bonds is 9. The van der Waals surface area contributed by atoms with Crippen LogP contribution in [0.4, 0.5) is 0 Å². The van der Waals surface area contributed by atoms with Gasteiger partial charge in [0.05, 0.1) is 25.7 Å². The maximum absolute atomic E-state index is 12.0. The fourth-order valence-electron chi connectivity index (χ4n) is 3.79. The third-order valence-corrected chi connectivity index (χ3v) is 5.90. The number of hydrogen-bond acceptors (Lipinski definition) is 4. The summed E-state index contributed by atoms with van der Waals surface area (Å²) >= 11 is 12.1. The number of benzene rings is 2. The Hall–Kier alpha value is -1.85. The smallest absolute Gasteiger partial charge is 0.310 e. The monoisotopic (exact) mass is 461 g/mol. The molecule has 0 aliphatic carbocycles. The molecular formula is C25H29Cl2NO3. The Balaban J connectivity index is 1.55. The molecule has 4 nitrogen and oxygen atoms in total. The third kappa shape index (κ3) is 7.36. The van der Waals surface area contributed by atoms with Crippen LogP contribution in [0.3, 0.4) is 0 Å². The normalized spacial score (nSPS) is 16.7. The highest BCUT2D eigenvalue weighted by molar-refractivity contribution is 6.31. The maximum atomic E-state index is 12.0. The largest absolute Gasteiger partial charge is 0.466 e. The topological polar surface area (TPSA) is 38.8 Å². The minimum absolute atomic E-state index is 0.0185. The SMILES string of the molecule is CCOC(=O)C1CCCN(CCOCC=C(c2ccc(Cl)cc2)c2ccc(Cl)cc2)C1. The predicted molar refractivity (Wildman–Crippen MR) is 127 cm³/mol. The molecule has 1 aliphatic rings. The Morgan fingerprint density at radius 1 is 1.06 bits per heavy atom. The van der Waals surface area contributed by atoms with Crippen molar-refractivity contribution in [1.29, 1.82) is 0 Å². The second kappa shape index (κ2) is 12.3. The van der Waals surface area contributed by atoms with Crippen molar-refractivity contribution in [2.75, 3.05) is 39.5 Å². The van der Waals surface area contributed by atoms with E-state index in [2.05, 4.69) is 11.0 Å². The quantitative estimate of drug-likeness (QED) is 0.353. The van der Waals surface area contributed by atoms with Gasteiger partial charge in [0.1, 0.15) is 0 Å². The summed E-state index contributed by atoms with van der Waals surface area (Å²) in [5.41, 5.74) is 3.22. The Kier molecular flexibility index (Phi) is 9.41. The van der Waals surface area contributed by atoms with E-state index in [0.29, 0.717) is 29.9 Å². The van der Waals surface area contributed by atoms with Gasteiger partial charge in [0.25, 0.3) is 0 Å². The molecule has 1 unspecified atom stereocenters. The Bertz CT molecular complexity index is 818. The molecule has 0 radical (unpaired) electrons. The molecule has 1 fully saturated rings. The van der Waals surface area contributed by atoms with Crippen molar-refractivity contribution < 1.29 is 14.3 Å². The Labute approximate surface area is 194 Å². The average Bonchev–Trinajstić information content (AvgIpc) is 2.78. The first kappa shape index (κ1) is 23.8. The average molecular weight is 462 g/mol. The maximum Gasteiger partial charge on any atom is 0.310 e. The standard InChI is InChI=1S/C25H29Cl2NO3/c1-2-31-25(29)21-4-3-14-28(18-21)15-17-30-16-13-24(19-5-9-22(26)10-6-19)20-7-11-23(27)12-8-20/h5-13,21H,2-4,14-18H2,1H3. The van der Waals surface area contributed by atoms with Gasteiger partial charge in [-0.25, -0.2) is 0 Å². The first-order chi connectivity index (χ1) is 15.1. The summed E-state index contributed by atoms with van der Waals surface area (Å²) in [5.74, 6) is -0.0957. The van der Waals surface area contributed by atoms with Crippen LogP contribution >= 0.6 is 23.2 Å². The molecule has 0 bridgehead atoms. The summed E-state index contributed by atoms with van der Waals surface area (Å²) < 4.78 is 11.1. The van der Waals surface area contributed by atoms with E-state index in [0.717, 1.165) is 49.2 Å². The van der Waals surface area contributed by atoms with Crippen molar-refractivity contribution in [3.8, 4) is 0 Å². The van der Waals surface area contributed by atoms with Crippen LogP contribution in [0.1, 0.15) is 30.9 Å². The number of carbonyl (C=O) groups excluding carboxylic acids is 1. The van der Waals surface area contributed by atoms with Gasteiger partial charge in [0, 0.05) is 23.1 Å². The summed E-state index contributed by atoms with van der Waals surface area (Å²) in [6.07, 6.45) is 4.01. The number of piperidine rings is 1. The zero-order chi connectivity index (χ0) is 22.1. The second-order valence-electron chi connectivity index (χ2n) is 7.60. The van der Waals surface area contributed by atoms with Gasteiger partial charge in [-0.05, 0) is 67.3 Å². The lowest BCUT2D eigenvalue weighted by atomic mass is 9.98. The highest BCUT2D eigenvalue weighted by atomic mass is 35.5. The van der Waals surface area contributed by atoms with E-state index in [1.165, 1.54) is 0 Å². The first-order valence-corrected chi connectivity index (χ1v) is 11.5. The molecule has 0 amide bonds. The number of likely N-dealkylation sites (tertiary alicyclic amines) is 1. The van der Waals surface area contributed by atoms with Crippen LogP contribution in [0.25, 0.3) is 5.57 Å². The second-order valence-corrected chi connectivity index (χ2v) is 8.47. The Morgan fingerprint density at radius 2 is 1.68 bits per heavy atom. The fourth-order valence-corrected chi connectivity index (χ4v) is 4.04. The third-order valence-electron chi connectivity index (χ3n) is 5.39. The molecule has 3 rings (SSSR count). The van der Waals surface area contributed by atoms with Gasteiger partial charge < -0.3 is 14.4 Å². The van der Waals surface area contributed by atoms with Gasteiger partial charge in [-0.15, -0.1) is 0 Å². The van der Waals surface area contributed by atoms with E-state index in [1.54, 1.807) is 0 Å². The van der Waals surface area contributed by atoms with E-state index in [9.17, 15) is 4.79 Å². The van der Waals surface area contributed by atoms with Crippen LogP contribution in [0.2, 0.25) is 10.0 Å². The molecule has 2 aromatic carbocycles. The molecule has 1 heterocycles. The number of hydrogen-bond donors (Lipinski definition) is 0. The molecule has 0 N–H and O–H groups in total. The van der Waals surface area contributed by atoms with E-state index in [4.69, 9.17) is 32.7 Å². The number of halogens is 2. The molecule has 1 saturated heterocycles. The number of ether oxygens (including phenoxy) is 2. The zero-order valence-electron chi connectivity index (χ0n) is 17.9. The molecule has 0 saturated carbocycles. The van der Waals surface area contributed by atoms with Crippen molar-refractivity contribution in [3.05, 3.63) is 75.8 Å². The minimum Gasteiger partial charge on any atom is -0.466 e. The van der Waals surface area contributed by atoms with Crippen molar-refractivity contribution in [2.45, 2.75) is 19.8 Å². The lowest BCUT2D eigenvalue weighted by Crippen LogP contribution is -2.40. The van der Waals surface area contributed by atoms with Crippen molar-refractivity contribution >= 4 is 34.7 Å². The van der Waals surface area contributed by atoms with Crippen LogP contribution in [-0.4, -0.2) is 50.3 Å². The summed E-state index contributed by atoms with van der Waals surface area (Å²) in [7, 11) is 0. The van der Waals surface area contributed by atoms with Gasteiger partial charge in [-0.1, -0.05) is 53.5 Å². The predicted octanol–water partition coefficient (Wildman–Crippen LogP) is 5.72. The molecule has 0 spiro atoms. The lowest BCUT2D eigenvalue weighted by molar-refractivity contribution is -0.150. The molecule has 2 aromatic rings. The minimum atomic E-state index is -0.0772. The summed E-state index contributed by atoms with van der Waals surface area (Å²) in [4.78, 5) is 14.3. The molecule has 31 heavy (non-hydrogen) atoms. The van der Waals surface area contributed by atoms with Gasteiger partial charge in [-0.2, -0.15) is 0 Å². The lowest BCUT2D eigenvalue weighted by Gasteiger charge is -2.31. The first-order valence-electron chi connectivity index (χ1n) is 10.8. The zero-order valence-corrected chi connectivity index (χ0v) is 19.4. The van der Waals surface area contributed by atoms with E-state index in [-0.39, 0.29) is 11.9 Å². The van der Waals surface area contributed by atoms with Crippen LogP contribution in [0, 0.1) is 5.92 Å². The highest BCUT2D eigenvalue weighted by Gasteiger charge is 2.26. The fraction of sp³-hybridized carbons (Fsp3) is 0.400. The molecular weight excluding hydrogens is 433 g/mol. The Morgan fingerprint density at radius 3 is 2.26 bits per heavy atom. The van der Waals surface area contributed by atoms with E-state index >= 15 is 0 Å². The molecule has 1 aliphatic heterocycles. The number of carbonyl (C=O) groups is 1. The van der Waals surface area contributed by atoms with Crippen LogP contribution in [-0.2, 0) is 14.3 Å². The van der Waals surface area contributed by atoms with Crippen LogP contribution < -0.4 is 0 Å². The van der Waals surface area contributed by atoms with Gasteiger partial charge >= 0.3 is 5.97 Å². The molecule has 1 atom stereocenters. The van der Waals surface area contributed by atoms with Crippen LogP contribution in [0.5, 0.6) is 0 Å². The molecule has 166 valence electrons. The van der Waals surface area contributed by atoms with Crippen molar-refractivity contribution in [3.63, 3.8) is 0 Å². The van der Waals surface area contributed by atoms with Gasteiger partial charge in [0.15, 0.2) is 0 Å². The summed E-state index contributed by atoms with van der Waals surface area (Å²) in [6, 6.07) is 15.6. The number of esters is 1. The van der Waals surface area contributed by atoms with Gasteiger partial charge in [0.2, 0.25) is 0 Å². The number of nitrogens with zero attached hydrogens (tertiary/aromatic N) is 1. The van der Waals surface area contributed by atoms with E-state index < -0.39 is 0 Å².